The molecule has 1 aromatic carbocycles. The van der Waals surface area contributed by atoms with E-state index >= 15 is 0 Å². The van der Waals surface area contributed by atoms with Gasteiger partial charge in [-0.3, -0.25) is 0 Å². The van der Waals surface area contributed by atoms with Gasteiger partial charge in [0.05, 0.1) is 13.2 Å². The SMILES string of the molecule is COc1ccc(C(N)c2sc(C)cc2C)cc1F. The Kier molecular flexibility index (Phi) is 3.68. The number of hydrogen-bond donors (Lipinski definition) is 1. The highest BCUT2D eigenvalue weighted by Gasteiger charge is 2.16. The van der Waals surface area contributed by atoms with E-state index in [0.29, 0.717) is 0 Å². The van der Waals surface area contributed by atoms with Gasteiger partial charge in [-0.2, -0.15) is 0 Å². The van der Waals surface area contributed by atoms with Crippen molar-refractivity contribution in [2.24, 2.45) is 5.73 Å². The molecular weight excluding hydrogens is 249 g/mol. The summed E-state index contributed by atoms with van der Waals surface area (Å²) in [6, 6.07) is 6.67. The van der Waals surface area contributed by atoms with E-state index in [2.05, 4.69) is 6.07 Å². The zero-order valence-corrected chi connectivity index (χ0v) is 11.5. The Morgan fingerprint density at radius 1 is 1.28 bits per heavy atom. The topological polar surface area (TPSA) is 35.2 Å². The van der Waals surface area contributed by atoms with Gasteiger partial charge in [0.2, 0.25) is 0 Å². The molecule has 0 aliphatic rings. The molecular formula is C14H16FNOS. The molecule has 2 N–H and O–H groups in total. The summed E-state index contributed by atoms with van der Waals surface area (Å²) in [5.41, 5.74) is 8.11. The van der Waals surface area contributed by atoms with E-state index in [0.717, 1.165) is 16.0 Å². The molecule has 18 heavy (non-hydrogen) atoms. The first-order valence-electron chi connectivity index (χ1n) is 5.69. The number of benzene rings is 1. The molecule has 0 saturated carbocycles. The second-order valence-corrected chi connectivity index (χ2v) is 5.56. The number of methoxy groups -OCH3 is 1. The van der Waals surface area contributed by atoms with Gasteiger partial charge in [-0.15, -0.1) is 11.3 Å². The standard InChI is InChI=1S/C14H16FNOS/c1-8-6-9(2)18-14(8)13(16)10-4-5-12(17-3)11(15)7-10/h4-7,13H,16H2,1-3H3. The maximum absolute atomic E-state index is 13.7. The van der Waals surface area contributed by atoms with Crippen LogP contribution in [-0.2, 0) is 0 Å². The lowest BCUT2D eigenvalue weighted by Crippen LogP contribution is -2.11. The summed E-state index contributed by atoms with van der Waals surface area (Å²) >= 11 is 1.65. The van der Waals surface area contributed by atoms with Crippen molar-refractivity contribution in [3.05, 3.63) is 51.0 Å². The maximum atomic E-state index is 13.7. The average Bonchev–Trinajstić information content (AvgIpc) is 2.67. The predicted octanol–water partition coefficient (Wildman–Crippen LogP) is 3.56. The fourth-order valence-electron chi connectivity index (χ4n) is 2.00. The van der Waals surface area contributed by atoms with Gasteiger partial charge in [-0.25, -0.2) is 4.39 Å². The minimum atomic E-state index is -0.378. The molecule has 0 radical (unpaired) electrons. The van der Waals surface area contributed by atoms with E-state index in [1.54, 1.807) is 23.5 Å². The molecule has 1 unspecified atom stereocenters. The van der Waals surface area contributed by atoms with Crippen molar-refractivity contribution < 1.29 is 9.13 Å². The van der Waals surface area contributed by atoms with Crippen LogP contribution in [0.4, 0.5) is 4.39 Å². The minimum absolute atomic E-state index is 0.241. The zero-order chi connectivity index (χ0) is 13.3. The van der Waals surface area contributed by atoms with Crippen molar-refractivity contribution in [3.8, 4) is 5.75 Å². The van der Waals surface area contributed by atoms with Gasteiger partial charge in [0.1, 0.15) is 0 Å². The summed E-state index contributed by atoms with van der Waals surface area (Å²) in [5, 5.41) is 0. The number of rotatable bonds is 3. The third-order valence-corrected chi connectivity index (χ3v) is 4.13. The van der Waals surface area contributed by atoms with Crippen LogP contribution in [-0.4, -0.2) is 7.11 Å². The van der Waals surface area contributed by atoms with E-state index in [9.17, 15) is 4.39 Å². The number of aryl methyl sites for hydroxylation is 2. The van der Waals surface area contributed by atoms with Gasteiger partial charge in [-0.05, 0) is 43.2 Å². The molecule has 1 heterocycles. The van der Waals surface area contributed by atoms with Crippen LogP contribution < -0.4 is 10.5 Å². The van der Waals surface area contributed by atoms with Gasteiger partial charge < -0.3 is 10.5 Å². The summed E-state index contributed by atoms with van der Waals surface area (Å²) in [6.07, 6.45) is 0. The van der Waals surface area contributed by atoms with Crippen LogP contribution in [0.1, 0.15) is 26.9 Å². The fourth-order valence-corrected chi connectivity index (χ4v) is 3.06. The Hall–Kier alpha value is -1.39. The second kappa shape index (κ2) is 5.08. The van der Waals surface area contributed by atoms with Crippen molar-refractivity contribution >= 4 is 11.3 Å². The highest BCUT2D eigenvalue weighted by Crippen LogP contribution is 2.31. The summed E-state index contributed by atoms with van der Waals surface area (Å²) in [7, 11) is 1.45. The van der Waals surface area contributed by atoms with E-state index < -0.39 is 0 Å². The normalized spacial score (nSPS) is 12.5. The number of nitrogens with two attached hydrogens (primary N) is 1. The van der Waals surface area contributed by atoms with Gasteiger partial charge in [-0.1, -0.05) is 6.07 Å². The number of hydrogen-bond acceptors (Lipinski definition) is 3. The third-order valence-electron chi connectivity index (χ3n) is 2.90. The lowest BCUT2D eigenvalue weighted by atomic mass is 10.0. The Morgan fingerprint density at radius 3 is 2.50 bits per heavy atom. The first-order chi connectivity index (χ1) is 8.52. The van der Waals surface area contributed by atoms with Gasteiger partial charge in [0.25, 0.3) is 0 Å². The highest BCUT2D eigenvalue weighted by atomic mass is 32.1. The quantitative estimate of drug-likeness (QED) is 0.921. The molecule has 2 rings (SSSR count). The van der Waals surface area contributed by atoms with Gasteiger partial charge in [0.15, 0.2) is 11.6 Å². The molecule has 0 aliphatic carbocycles. The van der Waals surface area contributed by atoms with Crippen LogP contribution in [0.25, 0.3) is 0 Å². The molecule has 0 fully saturated rings. The van der Waals surface area contributed by atoms with Crippen molar-refractivity contribution in [2.45, 2.75) is 19.9 Å². The summed E-state index contributed by atoms with van der Waals surface area (Å²) < 4.78 is 18.6. The molecule has 2 aromatic rings. The second-order valence-electron chi connectivity index (χ2n) is 4.28. The average molecular weight is 265 g/mol. The molecule has 1 atom stereocenters. The lowest BCUT2D eigenvalue weighted by Gasteiger charge is -2.13. The van der Waals surface area contributed by atoms with Crippen molar-refractivity contribution in [1.29, 1.82) is 0 Å². The highest BCUT2D eigenvalue weighted by molar-refractivity contribution is 7.12. The van der Waals surface area contributed by atoms with Gasteiger partial charge >= 0.3 is 0 Å². The van der Waals surface area contributed by atoms with Crippen LogP contribution in [0, 0.1) is 19.7 Å². The molecule has 0 spiro atoms. The van der Waals surface area contributed by atoms with Crippen molar-refractivity contribution in [1.82, 2.24) is 0 Å². The largest absolute Gasteiger partial charge is 0.494 e. The monoisotopic (exact) mass is 265 g/mol. The Labute approximate surface area is 110 Å². The Balaban J connectivity index is 2.37. The van der Waals surface area contributed by atoms with Crippen LogP contribution in [0.2, 0.25) is 0 Å². The van der Waals surface area contributed by atoms with Crippen LogP contribution >= 0.6 is 11.3 Å². The number of ether oxygens (including phenoxy) is 1. The molecule has 96 valence electrons. The first-order valence-corrected chi connectivity index (χ1v) is 6.50. The van der Waals surface area contributed by atoms with E-state index in [-0.39, 0.29) is 17.6 Å². The molecule has 0 saturated heterocycles. The fraction of sp³-hybridized carbons (Fsp3) is 0.286. The van der Waals surface area contributed by atoms with E-state index in [4.69, 9.17) is 10.5 Å². The minimum Gasteiger partial charge on any atom is -0.494 e. The molecule has 0 amide bonds. The smallest absolute Gasteiger partial charge is 0.165 e. The predicted molar refractivity (Wildman–Crippen MR) is 72.8 cm³/mol. The summed E-state index contributed by atoms with van der Waals surface area (Å²) in [6.45, 7) is 4.07. The molecule has 0 aliphatic heterocycles. The van der Waals surface area contributed by atoms with Crippen LogP contribution in [0.15, 0.2) is 24.3 Å². The van der Waals surface area contributed by atoms with Crippen molar-refractivity contribution in [2.75, 3.05) is 7.11 Å². The molecule has 1 aromatic heterocycles. The van der Waals surface area contributed by atoms with E-state index in [1.807, 2.05) is 13.8 Å². The zero-order valence-electron chi connectivity index (χ0n) is 10.7. The van der Waals surface area contributed by atoms with Crippen LogP contribution in [0.3, 0.4) is 0 Å². The maximum Gasteiger partial charge on any atom is 0.165 e. The number of thiophene rings is 1. The third kappa shape index (κ3) is 2.40. The molecule has 4 heteroatoms. The molecule has 0 bridgehead atoms. The van der Waals surface area contributed by atoms with Crippen LogP contribution in [0.5, 0.6) is 5.75 Å². The molecule has 2 nitrogen and oxygen atoms in total. The lowest BCUT2D eigenvalue weighted by molar-refractivity contribution is 0.386. The number of halogens is 1. The Morgan fingerprint density at radius 2 is 2.00 bits per heavy atom. The van der Waals surface area contributed by atoms with E-state index in [1.165, 1.54) is 18.1 Å². The summed E-state index contributed by atoms with van der Waals surface area (Å²) in [4.78, 5) is 2.30. The van der Waals surface area contributed by atoms with Gasteiger partial charge in [0, 0.05) is 9.75 Å². The first kappa shape index (κ1) is 13.1. The summed E-state index contributed by atoms with van der Waals surface area (Å²) in [5.74, 6) is -0.138. The Bertz CT molecular complexity index is 565. The van der Waals surface area contributed by atoms with Crippen molar-refractivity contribution in [3.63, 3.8) is 0 Å².